The number of carbonyl (C=O) groups excluding carboxylic acids is 1. The van der Waals surface area contributed by atoms with Gasteiger partial charge in [-0.25, -0.2) is 4.98 Å². The van der Waals surface area contributed by atoms with Gasteiger partial charge in [0.15, 0.2) is 18.3 Å². The fraction of sp³-hybridized carbons (Fsp3) is 0.278. The van der Waals surface area contributed by atoms with E-state index in [0.717, 1.165) is 0 Å². The number of aryl methyl sites for hydroxylation is 1. The van der Waals surface area contributed by atoms with Crippen LogP contribution in [0.4, 0.5) is 0 Å². The Hall–Kier alpha value is -2.44. The maximum absolute atomic E-state index is 13.2. The Balaban J connectivity index is 2.39. The largest absolute Gasteiger partial charge is 0.505 e. The molecule has 25 heavy (non-hydrogen) atoms. The molecule has 6 nitrogen and oxygen atoms in total. The normalized spacial score (nSPS) is 16.0. The molecule has 1 aliphatic rings. The number of aliphatic hydroxyl groups excluding tert-OH is 2. The second-order valence-electron chi connectivity index (χ2n) is 6.27. The van der Waals surface area contributed by atoms with Crippen molar-refractivity contribution < 1.29 is 19.7 Å². The van der Waals surface area contributed by atoms with Gasteiger partial charge >= 0.3 is 0 Å². The van der Waals surface area contributed by atoms with Crippen LogP contribution in [-0.2, 0) is 10.2 Å². The molecule has 0 atom stereocenters. The smallest absolute Gasteiger partial charge is 0.186 e. The molecule has 0 saturated carbocycles. The Kier molecular flexibility index (Phi) is 4.26. The van der Waals surface area contributed by atoms with Gasteiger partial charge in [-0.2, -0.15) is 0 Å². The van der Waals surface area contributed by atoms with Gasteiger partial charge in [-0.1, -0.05) is 17.7 Å². The number of halogens is 1. The standard InChI is InChI=1S/C18H17ClN2O4/c1-9-4-5-10(19)11(15(9)25-8-22)12-14(23)13-16(21-7-6-20-13)18(2,3)17(12)24/h4-7,22-23H,8H2,1-3H3. The van der Waals surface area contributed by atoms with E-state index in [1.54, 1.807) is 32.9 Å². The molecule has 0 amide bonds. The van der Waals surface area contributed by atoms with Crippen LogP contribution in [0.2, 0.25) is 5.02 Å². The number of Topliss-reactive ketones (excluding diaryl/α,β-unsaturated/α-hetero) is 1. The average molecular weight is 361 g/mol. The van der Waals surface area contributed by atoms with E-state index in [-0.39, 0.29) is 39.1 Å². The zero-order valence-corrected chi connectivity index (χ0v) is 14.8. The van der Waals surface area contributed by atoms with Gasteiger partial charge in [0.05, 0.1) is 27.3 Å². The highest BCUT2D eigenvalue weighted by Crippen LogP contribution is 2.46. The number of allylic oxidation sites excluding steroid dienone is 1. The van der Waals surface area contributed by atoms with Crippen LogP contribution in [0.25, 0.3) is 11.3 Å². The first-order valence-corrected chi connectivity index (χ1v) is 8.01. The second kappa shape index (κ2) is 6.13. The first kappa shape index (κ1) is 17.4. The summed E-state index contributed by atoms with van der Waals surface area (Å²) < 4.78 is 5.29. The number of aliphatic hydroxyl groups is 2. The van der Waals surface area contributed by atoms with E-state index in [1.165, 1.54) is 12.4 Å². The molecule has 7 heteroatoms. The van der Waals surface area contributed by atoms with E-state index in [9.17, 15) is 15.0 Å². The fourth-order valence-electron chi connectivity index (χ4n) is 2.99. The van der Waals surface area contributed by atoms with Crippen molar-refractivity contribution in [1.29, 1.82) is 0 Å². The number of fused-ring (bicyclic) bond motifs is 1. The van der Waals surface area contributed by atoms with Crippen LogP contribution in [0, 0.1) is 6.92 Å². The van der Waals surface area contributed by atoms with Crippen LogP contribution in [0.5, 0.6) is 5.75 Å². The zero-order valence-electron chi connectivity index (χ0n) is 14.0. The predicted octanol–water partition coefficient (Wildman–Crippen LogP) is 3.05. The average Bonchev–Trinajstić information content (AvgIpc) is 2.59. The highest BCUT2D eigenvalue weighted by atomic mass is 35.5. The molecule has 0 fully saturated rings. The van der Waals surface area contributed by atoms with Crippen LogP contribution in [0.3, 0.4) is 0 Å². The van der Waals surface area contributed by atoms with Gasteiger partial charge in [0, 0.05) is 12.4 Å². The number of nitrogens with zero attached hydrogens (tertiary/aromatic N) is 2. The topological polar surface area (TPSA) is 92.5 Å². The maximum atomic E-state index is 13.2. The number of benzene rings is 1. The van der Waals surface area contributed by atoms with E-state index in [1.807, 2.05) is 0 Å². The highest BCUT2D eigenvalue weighted by molar-refractivity contribution is 6.39. The third-order valence-corrected chi connectivity index (χ3v) is 4.62. The van der Waals surface area contributed by atoms with Crippen LogP contribution >= 0.6 is 11.6 Å². The molecule has 1 aliphatic carbocycles. The molecule has 3 rings (SSSR count). The van der Waals surface area contributed by atoms with Crippen molar-refractivity contribution in [1.82, 2.24) is 9.97 Å². The molecule has 130 valence electrons. The second-order valence-corrected chi connectivity index (χ2v) is 6.68. The van der Waals surface area contributed by atoms with Gasteiger partial charge in [-0.15, -0.1) is 0 Å². The molecule has 0 saturated heterocycles. The zero-order chi connectivity index (χ0) is 18.4. The summed E-state index contributed by atoms with van der Waals surface area (Å²) in [6, 6.07) is 3.32. The number of ether oxygens (including phenoxy) is 1. The van der Waals surface area contributed by atoms with E-state index in [2.05, 4.69) is 9.97 Å². The lowest BCUT2D eigenvalue weighted by Crippen LogP contribution is -2.36. The minimum atomic E-state index is -1.01. The lowest BCUT2D eigenvalue weighted by molar-refractivity contribution is -0.118. The third-order valence-electron chi connectivity index (χ3n) is 4.31. The molecule has 2 N–H and O–H groups in total. The molecule has 0 spiro atoms. The number of carbonyl (C=O) groups is 1. The molecule has 0 unspecified atom stereocenters. The molecule has 1 aromatic heterocycles. The summed E-state index contributed by atoms with van der Waals surface area (Å²) in [5.74, 6) is -0.413. The molecule has 0 aliphatic heterocycles. The fourth-order valence-corrected chi connectivity index (χ4v) is 3.24. The molecular formula is C18H17ClN2O4. The Morgan fingerprint density at radius 2 is 1.92 bits per heavy atom. The van der Waals surface area contributed by atoms with Crippen molar-refractivity contribution in [2.24, 2.45) is 0 Å². The van der Waals surface area contributed by atoms with E-state index in [0.29, 0.717) is 11.3 Å². The van der Waals surface area contributed by atoms with E-state index in [4.69, 9.17) is 16.3 Å². The summed E-state index contributed by atoms with van der Waals surface area (Å²) in [4.78, 5) is 21.6. The Labute approximate surface area is 149 Å². The van der Waals surface area contributed by atoms with Crippen molar-refractivity contribution in [3.8, 4) is 5.75 Å². The summed E-state index contributed by atoms with van der Waals surface area (Å²) in [6.07, 6.45) is 2.92. The van der Waals surface area contributed by atoms with Gasteiger partial charge < -0.3 is 14.9 Å². The molecule has 1 aromatic carbocycles. The number of hydrogen-bond donors (Lipinski definition) is 2. The number of aromatic nitrogens is 2. The summed E-state index contributed by atoms with van der Waals surface area (Å²) in [7, 11) is 0. The number of ketones is 1. The van der Waals surface area contributed by atoms with Crippen LogP contribution in [0.1, 0.15) is 36.4 Å². The molecule has 0 radical (unpaired) electrons. The molecule has 0 bridgehead atoms. The van der Waals surface area contributed by atoms with Gasteiger partial charge in [0.25, 0.3) is 0 Å². The highest BCUT2D eigenvalue weighted by Gasteiger charge is 2.44. The number of hydrogen-bond acceptors (Lipinski definition) is 6. The monoisotopic (exact) mass is 360 g/mol. The van der Waals surface area contributed by atoms with Crippen LogP contribution < -0.4 is 4.74 Å². The third kappa shape index (κ3) is 2.58. The Morgan fingerprint density at radius 1 is 1.24 bits per heavy atom. The molecule has 1 heterocycles. The maximum Gasteiger partial charge on any atom is 0.186 e. The van der Waals surface area contributed by atoms with E-state index < -0.39 is 12.2 Å². The first-order chi connectivity index (χ1) is 11.8. The lowest BCUT2D eigenvalue weighted by Gasteiger charge is -2.31. The van der Waals surface area contributed by atoms with Crippen molar-refractivity contribution in [2.75, 3.05) is 6.79 Å². The Morgan fingerprint density at radius 3 is 2.60 bits per heavy atom. The van der Waals surface area contributed by atoms with Gasteiger partial charge in [0.2, 0.25) is 0 Å². The Bertz CT molecular complexity index is 906. The lowest BCUT2D eigenvalue weighted by atomic mass is 9.73. The van der Waals surface area contributed by atoms with Crippen molar-refractivity contribution in [2.45, 2.75) is 26.2 Å². The summed E-state index contributed by atoms with van der Waals surface area (Å²) in [6.45, 7) is 4.60. The van der Waals surface area contributed by atoms with Gasteiger partial charge in [0.1, 0.15) is 11.4 Å². The minimum absolute atomic E-state index is 0.00940. The predicted molar refractivity (Wildman–Crippen MR) is 93.4 cm³/mol. The van der Waals surface area contributed by atoms with Crippen molar-refractivity contribution >= 4 is 28.7 Å². The molecule has 2 aromatic rings. The summed E-state index contributed by atoms with van der Waals surface area (Å²) in [5, 5.41) is 20.2. The van der Waals surface area contributed by atoms with Crippen LogP contribution in [0.15, 0.2) is 24.5 Å². The minimum Gasteiger partial charge on any atom is -0.505 e. The van der Waals surface area contributed by atoms with Crippen molar-refractivity contribution in [3.05, 3.63) is 52.1 Å². The quantitative estimate of drug-likeness (QED) is 0.817. The summed E-state index contributed by atoms with van der Waals surface area (Å²) >= 11 is 6.33. The SMILES string of the molecule is Cc1ccc(Cl)c(C2=C(O)c3nccnc3C(C)(C)C2=O)c1OCO. The van der Waals surface area contributed by atoms with Crippen molar-refractivity contribution in [3.63, 3.8) is 0 Å². The summed E-state index contributed by atoms with van der Waals surface area (Å²) in [5.41, 5.74) is 0.542. The van der Waals surface area contributed by atoms with E-state index >= 15 is 0 Å². The molecular weight excluding hydrogens is 344 g/mol. The van der Waals surface area contributed by atoms with Gasteiger partial charge in [-0.3, -0.25) is 9.78 Å². The van der Waals surface area contributed by atoms with Gasteiger partial charge in [-0.05, 0) is 32.4 Å². The number of rotatable bonds is 3. The first-order valence-electron chi connectivity index (χ1n) is 7.63. The van der Waals surface area contributed by atoms with Crippen LogP contribution in [-0.4, -0.2) is 32.8 Å².